The third kappa shape index (κ3) is 1.97. The highest BCUT2D eigenvalue weighted by Crippen LogP contribution is 2.24. The Labute approximate surface area is 114 Å². The number of carbonyl (C=O) groups is 1. The second kappa shape index (κ2) is 4.65. The zero-order chi connectivity index (χ0) is 14.1. The average Bonchev–Trinajstić information content (AvgIpc) is 2.96. The highest BCUT2D eigenvalue weighted by molar-refractivity contribution is 5.90. The summed E-state index contributed by atoms with van der Waals surface area (Å²) in [6.07, 6.45) is 4.54. The predicted octanol–water partition coefficient (Wildman–Crippen LogP) is 2.13. The number of benzene rings is 1. The number of fused-ring (bicyclic) bond motifs is 1. The van der Waals surface area contributed by atoms with Crippen molar-refractivity contribution in [2.45, 2.75) is 0 Å². The van der Waals surface area contributed by atoms with E-state index in [1.807, 2.05) is 24.3 Å². The first-order valence-electron chi connectivity index (χ1n) is 5.89. The summed E-state index contributed by atoms with van der Waals surface area (Å²) in [6, 6.07) is 7.49. The van der Waals surface area contributed by atoms with Crippen LogP contribution in [0.15, 0.2) is 43.0 Å². The van der Waals surface area contributed by atoms with Crippen molar-refractivity contribution < 1.29 is 14.6 Å². The minimum absolute atomic E-state index is 0.0164. The minimum Gasteiger partial charge on any atom is -0.497 e. The number of carboxylic acids is 1. The Balaban J connectivity index is 2.17. The van der Waals surface area contributed by atoms with Gasteiger partial charge in [-0.05, 0) is 29.7 Å². The molecule has 6 nitrogen and oxygen atoms in total. The van der Waals surface area contributed by atoms with Gasteiger partial charge in [0.1, 0.15) is 17.9 Å². The smallest absolute Gasteiger partial charge is 0.356 e. The molecule has 1 N–H and O–H groups in total. The van der Waals surface area contributed by atoms with Crippen LogP contribution in [0.1, 0.15) is 10.5 Å². The van der Waals surface area contributed by atoms with Crippen LogP contribution < -0.4 is 4.74 Å². The second-order valence-corrected chi connectivity index (χ2v) is 4.19. The molecule has 0 aliphatic rings. The summed E-state index contributed by atoms with van der Waals surface area (Å²) < 4.78 is 6.78. The van der Waals surface area contributed by atoms with Crippen LogP contribution in [0.3, 0.4) is 0 Å². The van der Waals surface area contributed by atoms with Gasteiger partial charge in [-0.25, -0.2) is 14.8 Å². The van der Waals surface area contributed by atoms with Crippen molar-refractivity contribution in [3.8, 4) is 11.6 Å². The Morgan fingerprint density at radius 3 is 2.85 bits per heavy atom. The fourth-order valence-electron chi connectivity index (χ4n) is 2.02. The highest BCUT2D eigenvalue weighted by atomic mass is 16.5. The lowest BCUT2D eigenvalue weighted by Crippen LogP contribution is -1.98. The van der Waals surface area contributed by atoms with E-state index >= 15 is 0 Å². The van der Waals surface area contributed by atoms with Gasteiger partial charge in [-0.15, -0.1) is 0 Å². The third-order valence-electron chi connectivity index (χ3n) is 3.00. The molecule has 3 rings (SSSR count). The van der Waals surface area contributed by atoms with Crippen LogP contribution in [-0.4, -0.2) is 32.7 Å². The normalized spacial score (nSPS) is 10.7. The number of pyridine rings is 1. The van der Waals surface area contributed by atoms with Gasteiger partial charge in [0.05, 0.1) is 7.11 Å². The van der Waals surface area contributed by atoms with Crippen molar-refractivity contribution in [1.29, 1.82) is 0 Å². The van der Waals surface area contributed by atoms with Crippen LogP contribution in [0.2, 0.25) is 0 Å². The monoisotopic (exact) mass is 269 g/mol. The molecule has 3 aromatic rings. The Hall–Kier alpha value is -2.89. The summed E-state index contributed by atoms with van der Waals surface area (Å²) in [5, 5.41) is 10.8. The first-order valence-corrected chi connectivity index (χ1v) is 5.89. The van der Waals surface area contributed by atoms with E-state index in [4.69, 9.17) is 9.84 Å². The summed E-state index contributed by atoms with van der Waals surface area (Å²) in [4.78, 5) is 19.0. The fraction of sp³-hybridized carbons (Fsp3) is 0.0714. The Morgan fingerprint density at radius 2 is 2.15 bits per heavy atom. The van der Waals surface area contributed by atoms with E-state index in [1.165, 1.54) is 12.5 Å². The number of ether oxygens (including phenoxy) is 1. The average molecular weight is 269 g/mol. The van der Waals surface area contributed by atoms with E-state index in [0.717, 1.165) is 16.5 Å². The summed E-state index contributed by atoms with van der Waals surface area (Å²) in [6.45, 7) is 0. The maximum atomic E-state index is 10.9. The van der Waals surface area contributed by atoms with E-state index in [1.54, 1.807) is 17.9 Å². The van der Waals surface area contributed by atoms with E-state index in [-0.39, 0.29) is 5.69 Å². The first-order chi connectivity index (χ1) is 9.69. The molecule has 0 aliphatic carbocycles. The number of aromatic carboxylic acids is 1. The molecule has 0 radical (unpaired) electrons. The molecular weight excluding hydrogens is 258 g/mol. The highest BCUT2D eigenvalue weighted by Gasteiger charge is 2.10. The molecule has 2 heterocycles. The Bertz CT molecular complexity index is 795. The molecule has 1 aromatic carbocycles. The molecule has 0 atom stereocenters. The number of aromatic nitrogens is 3. The number of methoxy groups -OCH3 is 1. The number of hydrogen-bond acceptors (Lipinski definition) is 4. The number of hydrogen-bond donors (Lipinski definition) is 1. The molecule has 0 unspecified atom stereocenters. The van der Waals surface area contributed by atoms with Crippen LogP contribution >= 0.6 is 0 Å². The number of imidazole rings is 1. The van der Waals surface area contributed by atoms with Crippen molar-refractivity contribution in [3.05, 3.63) is 48.7 Å². The minimum atomic E-state index is -1.06. The molecule has 0 aliphatic heterocycles. The fourth-order valence-corrected chi connectivity index (χ4v) is 2.02. The zero-order valence-corrected chi connectivity index (χ0v) is 10.6. The van der Waals surface area contributed by atoms with Gasteiger partial charge < -0.3 is 9.84 Å². The van der Waals surface area contributed by atoms with Gasteiger partial charge in [0.2, 0.25) is 0 Å². The van der Waals surface area contributed by atoms with Crippen molar-refractivity contribution >= 4 is 16.7 Å². The van der Waals surface area contributed by atoms with Crippen molar-refractivity contribution in [2.75, 3.05) is 7.11 Å². The van der Waals surface area contributed by atoms with Crippen LogP contribution in [0, 0.1) is 0 Å². The second-order valence-electron chi connectivity index (χ2n) is 4.19. The molecule has 6 heteroatoms. The largest absolute Gasteiger partial charge is 0.497 e. The molecule has 0 fully saturated rings. The lowest BCUT2D eigenvalue weighted by molar-refractivity contribution is 0.0691. The van der Waals surface area contributed by atoms with Crippen LogP contribution in [0.5, 0.6) is 5.75 Å². The van der Waals surface area contributed by atoms with Gasteiger partial charge in [-0.3, -0.25) is 4.57 Å². The predicted molar refractivity (Wildman–Crippen MR) is 72.4 cm³/mol. The van der Waals surface area contributed by atoms with Gasteiger partial charge in [0.25, 0.3) is 0 Å². The van der Waals surface area contributed by atoms with Crippen molar-refractivity contribution in [2.24, 2.45) is 0 Å². The molecule has 100 valence electrons. The third-order valence-corrected chi connectivity index (χ3v) is 3.00. The standard InChI is InChI=1S/C14H11N3O3/c1-20-10-2-3-11-9(6-10)4-5-15-13(11)17-7-12(14(18)19)16-8-17/h2-8H,1H3,(H,18,19). The van der Waals surface area contributed by atoms with Gasteiger partial charge in [-0.1, -0.05) is 0 Å². The number of nitrogens with zero attached hydrogens (tertiary/aromatic N) is 3. The molecule has 0 saturated heterocycles. The molecule has 0 amide bonds. The lowest BCUT2D eigenvalue weighted by Gasteiger charge is -2.07. The number of rotatable bonds is 3. The van der Waals surface area contributed by atoms with Gasteiger partial charge in [0, 0.05) is 17.8 Å². The molecular formula is C14H11N3O3. The van der Waals surface area contributed by atoms with Gasteiger partial charge >= 0.3 is 5.97 Å². The topological polar surface area (TPSA) is 77.2 Å². The van der Waals surface area contributed by atoms with Gasteiger partial charge in [-0.2, -0.15) is 0 Å². The van der Waals surface area contributed by atoms with Crippen molar-refractivity contribution in [1.82, 2.24) is 14.5 Å². The van der Waals surface area contributed by atoms with Crippen LogP contribution in [0.4, 0.5) is 0 Å². The molecule has 0 saturated carbocycles. The maximum absolute atomic E-state index is 10.9. The molecule has 2 aromatic heterocycles. The molecule has 0 bridgehead atoms. The first kappa shape index (κ1) is 12.2. The number of carboxylic acid groups (broad SMARTS) is 1. The van der Waals surface area contributed by atoms with E-state index in [2.05, 4.69) is 9.97 Å². The van der Waals surface area contributed by atoms with Gasteiger partial charge in [0.15, 0.2) is 5.69 Å². The van der Waals surface area contributed by atoms with Crippen LogP contribution in [0.25, 0.3) is 16.6 Å². The summed E-state index contributed by atoms with van der Waals surface area (Å²) >= 11 is 0. The zero-order valence-electron chi connectivity index (χ0n) is 10.6. The summed E-state index contributed by atoms with van der Waals surface area (Å²) in [7, 11) is 1.61. The lowest BCUT2D eigenvalue weighted by atomic mass is 10.1. The van der Waals surface area contributed by atoms with E-state index in [0.29, 0.717) is 5.82 Å². The quantitative estimate of drug-likeness (QED) is 0.788. The van der Waals surface area contributed by atoms with Crippen molar-refractivity contribution in [3.63, 3.8) is 0 Å². The maximum Gasteiger partial charge on any atom is 0.356 e. The van der Waals surface area contributed by atoms with Crippen LogP contribution in [-0.2, 0) is 0 Å². The SMILES string of the molecule is COc1ccc2c(-n3cnc(C(=O)O)c3)nccc2c1. The summed E-state index contributed by atoms with van der Waals surface area (Å²) in [5.74, 6) is 0.322. The Morgan fingerprint density at radius 1 is 1.30 bits per heavy atom. The van der Waals surface area contributed by atoms with E-state index < -0.39 is 5.97 Å². The molecule has 0 spiro atoms. The van der Waals surface area contributed by atoms with E-state index in [9.17, 15) is 4.79 Å². The Kier molecular flexibility index (Phi) is 2.83. The summed E-state index contributed by atoms with van der Waals surface area (Å²) in [5.41, 5.74) is -0.0164. The molecule has 20 heavy (non-hydrogen) atoms.